The lowest BCUT2D eigenvalue weighted by molar-refractivity contribution is 0.452. The quantitative estimate of drug-likeness (QED) is 0.807. The van der Waals surface area contributed by atoms with Crippen molar-refractivity contribution in [2.24, 2.45) is 0 Å². The number of rotatable bonds is 4. The van der Waals surface area contributed by atoms with Crippen LogP contribution in [0.15, 0.2) is 42.5 Å². The zero-order chi connectivity index (χ0) is 14.7. The first-order chi connectivity index (χ1) is 10.2. The van der Waals surface area contributed by atoms with E-state index >= 15 is 0 Å². The SMILES string of the molecule is Oc1ccc(CCNC2CCCc3cc(O)ccc32)cc1. The van der Waals surface area contributed by atoms with Gasteiger partial charge in [-0.05, 0) is 73.2 Å². The summed E-state index contributed by atoms with van der Waals surface area (Å²) in [5, 5.41) is 22.5. The van der Waals surface area contributed by atoms with Gasteiger partial charge in [-0.15, -0.1) is 0 Å². The molecule has 0 fully saturated rings. The van der Waals surface area contributed by atoms with Crippen LogP contribution in [0.5, 0.6) is 11.5 Å². The number of aryl methyl sites for hydroxylation is 1. The summed E-state index contributed by atoms with van der Waals surface area (Å²) in [6, 6.07) is 13.5. The fourth-order valence-corrected chi connectivity index (χ4v) is 3.07. The third-order valence-corrected chi connectivity index (χ3v) is 4.18. The molecule has 3 N–H and O–H groups in total. The minimum absolute atomic E-state index is 0.313. The minimum atomic E-state index is 0.313. The normalized spacial score (nSPS) is 17.4. The smallest absolute Gasteiger partial charge is 0.115 e. The molecule has 2 aromatic rings. The molecule has 0 amide bonds. The largest absolute Gasteiger partial charge is 0.508 e. The number of phenolic OH excluding ortho intramolecular Hbond substituents is 2. The second-order valence-electron chi connectivity index (χ2n) is 5.70. The van der Waals surface area contributed by atoms with Gasteiger partial charge in [0.15, 0.2) is 0 Å². The second-order valence-corrected chi connectivity index (χ2v) is 5.70. The molecule has 0 heterocycles. The van der Waals surface area contributed by atoms with Crippen LogP contribution >= 0.6 is 0 Å². The van der Waals surface area contributed by atoms with Crippen molar-refractivity contribution >= 4 is 0 Å². The molecular weight excluding hydrogens is 262 g/mol. The lowest BCUT2D eigenvalue weighted by Crippen LogP contribution is -2.27. The standard InChI is InChI=1S/C18H21NO2/c20-15-6-4-13(5-7-15)10-11-19-18-3-1-2-14-12-16(21)8-9-17(14)18/h4-9,12,18-21H,1-3,10-11H2. The van der Waals surface area contributed by atoms with Crippen LogP contribution < -0.4 is 5.32 Å². The number of hydrogen-bond acceptors (Lipinski definition) is 3. The summed E-state index contributed by atoms with van der Waals surface area (Å²) in [5.74, 6) is 0.672. The summed E-state index contributed by atoms with van der Waals surface area (Å²) in [4.78, 5) is 0. The van der Waals surface area contributed by atoms with Crippen molar-refractivity contribution < 1.29 is 10.2 Å². The van der Waals surface area contributed by atoms with E-state index in [1.807, 2.05) is 24.3 Å². The topological polar surface area (TPSA) is 52.5 Å². The molecule has 0 aliphatic heterocycles. The Kier molecular flexibility index (Phi) is 4.11. The average Bonchev–Trinajstić information content (AvgIpc) is 2.49. The molecular formula is C18H21NO2. The Bertz CT molecular complexity index is 607. The molecule has 1 unspecified atom stereocenters. The van der Waals surface area contributed by atoms with Gasteiger partial charge in [0.05, 0.1) is 0 Å². The van der Waals surface area contributed by atoms with Gasteiger partial charge in [0.25, 0.3) is 0 Å². The Morgan fingerprint density at radius 2 is 1.76 bits per heavy atom. The molecule has 0 bridgehead atoms. The lowest BCUT2D eigenvalue weighted by atomic mass is 9.87. The van der Waals surface area contributed by atoms with Crippen molar-refractivity contribution in [1.29, 1.82) is 0 Å². The molecule has 0 saturated carbocycles. The van der Waals surface area contributed by atoms with Crippen LogP contribution in [0.4, 0.5) is 0 Å². The molecule has 3 heteroatoms. The van der Waals surface area contributed by atoms with E-state index in [0.717, 1.165) is 32.2 Å². The highest BCUT2D eigenvalue weighted by Gasteiger charge is 2.19. The van der Waals surface area contributed by atoms with Crippen LogP contribution in [0.3, 0.4) is 0 Å². The number of hydrogen-bond donors (Lipinski definition) is 3. The zero-order valence-corrected chi connectivity index (χ0v) is 12.0. The Hall–Kier alpha value is -2.00. The number of fused-ring (bicyclic) bond motifs is 1. The Morgan fingerprint density at radius 3 is 2.57 bits per heavy atom. The van der Waals surface area contributed by atoms with Gasteiger partial charge in [-0.3, -0.25) is 0 Å². The van der Waals surface area contributed by atoms with Crippen molar-refractivity contribution in [1.82, 2.24) is 5.32 Å². The maximum Gasteiger partial charge on any atom is 0.115 e. The molecule has 0 saturated heterocycles. The lowest BCUT2D eigenvalue weighted by Gasteiger charge is -2.26. The second kappa shape index (κ2) is 6.19. The Labute approximate surface area is 125 Å². The summed E-state index contributed by atoms with van der Waals surface area (Å²) in [6.07, 6.45) is 4.31. The Balaban J connectivity index is 1.60. The predicted molar refractivity (Wildman–Crippen MR) is 83.6 cm³/mol. The molecule has 3 rings (SSSR count). The van der Waals surface area contributed by atoms with Crippen LogP contribution in [0.2, 0.25) is 0 Å². The average molecular weight is 283 g/mol. The third kappa shape index (κ3) is 3.37. The van der Waals surface area contributed by atoms with Gasteiger partial charge >= 0.3 is 0 Å². The predicted octanol–water partition coefficient (Wildman–Crippen LogP) is 3.31. The fraction of sp³-hybridized carbons (Fsp3) is 0.333. The minimum Gasteiger partial charge on any atom is -0.508 e. The maximum absolute atomic E-state index is 9.58. The van der Waals surface area contributed by atoms with Crippen molar-refractivity contribution in [2.75, 3.05) is 6.54 Å². The van der Waals surface area contributed by atoms with E-state index in [-0.39, 0.29) is 0 Å². The van der Waals surface area contributed by atoms with E-state index in [4.69, 9.17) is 0 Å². The number of benzene rings is 2. The molecule has 110 valence electrons. The molecule has 0 aromatic heterocycles. The van der Waals surface area contributed by atoms with E-state index in [2.05, 4.69) is 5.32 Å². The first-order valence-electron chi connectivity index (χ1n) is 7.55. The van der Waals surface area contributed by atoms with Crippen LogP contribution in [0.1, 0.15) is 35.6 Å². The van der Waals surface area contributed by atoms with Crippen molar-refractivity contribution in [3.05, 3.63) is 59.2 Å². The first-order valence-corrected chi connectivity index (χ1v) is 7.55. The highest BCUT2D eigenvalue weighted by atomic mass is 16.3. The van der Waals surface area contributed by atoms with Crippen molar-refractivity contribution in [3.63, 3.8) is 0 Å². The summed E-state index contributed by atoms with van der Waals surface area (Å²) >= 11 is 0. The highest BCUT2D eigenvalue weighted by Crippen LogP contribution is 2.31. The maximum atomic E-state index is 9.58. The van der Waals surface area contributed by atoms with Gasteiger partial charge in [-0.25, -0.2) is 0 Å². The number of phenols is 2. The van der Waals surface area contributed by atoms with E-state index in [1.165, 1.54) is 16.7 Å². The van der Waals surface area contributed by atoms with E-state index < -0.39 is 0 Å². The molecule has 0 radical (unpaired) electrons. The summed E-state index contributed by atoms with van der Waals surface area (Å²) < 4.78 is 0. The monoisotopic (exact) mass is 283 g/mol. The molecule has 2 aromatic carbocycles. The van der Waals surface area contributed by atoms with Gasteiger partial charge in [0.2, 0.25) is 0 Å². The van der Waals surface area contributed by atoms with Gasteiger partial charge in [0, 0.05) is 6.04 Å². The first kappa shape index (κ1) is 14.0. The molecule has 1 atom stereocenters. The van der Waals surface area contributed by atoms with E-state index in [0.29, 0.717) is 17.5 Å². The summed E-state index contributed by atoms with van der Waals surface area (Å²) in [7, 11) is 0. The van der Waals surface area contributed by atoms with Gasteiger partial charge in [0.1, 0.15) is 11.5 Å². The molecule has 1 aliphatic carbocycles. The number of nitrogens with one attached hydrogen (secondary N) is 1. The molecule has 21 heavy (non-hydrogen) atoms. The van der Waals surface area contributed by atoms with E-state index in [1.54, 1.807) is 18.2 Å². The zero-order valence-electron chi connectivity index (χ0n) is 12.0. The Morgan fingerprint density at radius 1 is 1.00 bits per heavy atom. The van der Waals surface area contributed by atoms with Crippen LogP contribution in [0.25, 0.3) is 0 Å². The number of aromatic hydroxyl groups is 2. The van der Waals surface area contributed by atoms with Crippen LogP contribution in [-0.4, -0.2) is 16.8 Å². The molecule has 1 aliphatic rings. The fourth-order valence-electron chi connectivity index (χ4n) is 3.07. The highest BCUT2D eigenvalue weighted by molar-refractivity contribution is 5.38. The molecule has 3 nitrogen and oxygen atoms in total. The van der Waals surface area contributed by atoms with E-state index in [9.17, 15) is 10.2 Å². The van der Waals surface area contributed by atoms with Crippen LogP contribution in [0, 0.1) is 0 Å². The molecule has 0 spiro atoms. The van der Waals surface area contributed by atoms with Crippen molar-refractivity contribution in [2.45, 2.75) is 31.7 Å². The van der Waals surface area contributed by atoms with Gasteiger partial charge < -0.3 is 15.5 Å². The third-order valence-electron chi connectivity index (χ3n) is 4.18. The summed E-state index contributed by atoms with van der Waals surface area (Å²) in [6.45, 7) is 0.912. The van der Waals surface area contributed by atoms with Gasteiger partial charge in [-0.1, -0.05) is 18.2 Å². The van der Waals surface area contributed by atoms with Crippen molar-refractivity contribution in [3.8, 4) is 11.5 Å². The van der Waals surface area contributed by atoms with Gasteiger partial charge in [-0.2, -0.15) is 0 Å². The summed E-state index contributed by atoms with van der Waals surface area (Å²) in [5.41, 5.74) is 3.81. The van der Waals surface area contributed by atoms with Crippen LogP contribution in [-0.2, 0) is 12.8 Å².